The number of carbonyl (C=O) groups excluding carboxylic acids is 1. The highest BCUT2D eigenvalue weighted by Gasteiger charge is 2.38. The maximum atomic E-state index is 11.7. The minimum absolute atomic E-state index is 0.0863. The minimum Gasteiger partial charge on any atom is -0.481 e. The average molecular weight is 268 g/mol. The van der Waals surface area contributed by atoms with Gasteiger partial charge in [0.25, 0.3) is 0 Å². The zero-order valence-electron chi connectivity index (χ0n) is 11.4. The van der Waals surface area contributed by atoms with Gasteiger partial charge in [-0.2, -0.15) is 0 Å². The van der Waals surface area contributed by atoms with E-state index in [2.05, 4.69) is 10.6 Å². The first-order chi connectivity index (χ1) is 9.12. The lowest BCUT2D eigenvalue weighted by Gasteiger charge is -2.28. The van der Waals surface area contributed by atoms with Crippen molar-refractivity contribution in [2.75, 3.05) is 13.1 Å². The van der Waals surface area contributed by atoms with E-state index in [1.807, 2.05) is 0 Å². The summed E-state index contributed by atoms with van der Waals surface area (Å²) in [7, 11) is 0. The van der Waals surface area contributed by atoms with Crippen LogP contribution < -0.4 is 10.6 Å². The van der Waals surface area contributed by atoms with Crippen LogP contribution in [-0.2, 0) is 9.59 Å². The van der Waals surface area contributed by atoms with Crippen LogP contribution in [0.3, 0.4) is 0 Å². The SMILES string of the molecule is O=C(CNC1CC1)NCC1(C(=O)O)CCCCCC1. The fraction of sp³-hybridized carbons (Fsp3) is 0.857. The van der Waals surface area contributed by atoms with Gasteiger partial charge in [-0.1, -0.05) is 25.7 Å². The quantitative estimate of drug-likeness (QED) is 0.634. The number of nitrogens with one attached hydrogen (secondary N) is 2. The molecule has 0 radical (unpaired) electrons. The van der Waals surface area contributed by atoms with Crippen molar-refractivity contribution in [3.8, 4) is 0 Å². The van der Waals surface area contributed by atoms with Gasteiger partial charge >= 0.3 is 5.97 Å². The largest absolute Gasteiger partial charge is 0.481 e. The molecule has 0 spiro atoms. The summed E-state index contributed by atoms with van der Waals surface area (Å²) in [6.45, 7) is 0.577. The molecule has 2 aliphatic rings. The van der Waals surface area contributed by atoms with Crippen LogP contribution in [0.25, 0.3) is 0 Å². The molecule has 2 aliphatic carbocycles. The first-order valence-electron chi connectivity index (χ1n) is 7.36. The van der Waals surface area contributed by atoms with Gasteiger partial charge in [0.05, 0.1) is 12.0 Å². The first-order valence-corrected chi connectivity index (χ1v) is 7.36. The lowest BCUT2D eigenvalue weighted by Crippen LogP contribution is -2.45. The van der Waals surface area contributed by atoms with Gasteiger partial charge in [0.2, 0.25) is 5.91 Å². The second-order valence-electron chi connectivity index (χ2n) is 5.93. The Morgan fingerprint density at radius 3 is 2.26 bits per heavy atom. The molecule has 0 atom stereocenters. The summed E-state index contributed by atoms with van der Waals surface area (Å²) >= 11 is 0. The van der Waals surface area contributed by atoms with Gasteiger partial charge in [-0.05, 0) is 25.7 Å². The van der Waals surface area contributed by atoms with E-state index in [0.29, 0.717) is 25.4 Å². The van der Waals surface area contributed by atoms with E-state index in [-0.39, 0.29) is 12.5 Å². The molecule has 5 heteroatoms. The molecule has 3 N–H and O–H groups in total. The van der Waals surface area contributed by atoms with Crippen molar-refractivity contribution in [2.24, 2.45) is 5.41 Å². The molecule has 2 fully saturated rings. The minimum atomic E-state index is -0.759. The number of carboxylic acid groups (broad SMARTS) is 1. The monoisotopic (exact) mass is 268 g/mol. The van der Waals surface area contributed by atoms with Crippen LogP contribution in [-0.4, -0.2) is 36.1 Å². The molecular weight excluding hydrogens is 244 g/mol. The number of amides is 1. The summed E-state index contributed by atoms with van der Waals surface area (Å²) in [5.41, 5.74) is -0.744. The molecule has 108 valence electrons. The third-order valence-corrected chi connectivity index (χ3v) is 4.27. The summed E-state index contributed by atoms with van der Waals surface area (Å²) in [6, 6.07) is 0.497. The third-order valence-electron chi connectivity index (χ3n) is 4.27. The average Bonchev–Trinajstić information content (AvgIpc) is 3.21. The molecule has 1 amide bonds. The van der Waals surface area contributed by atoms with Gasteiger partial charge < -0.3 is 15.7 Å². The Labute approximate surface area is 114 Å². The van der Waals surface area contributed by atoms with Gasteiger partial charge in [0.1, 0.15) is 0 Å². The third kappa shape index (κ3) is 4.20. The number of carboxylic acids is 1. The number of hydrogen-bond acceptors (Lipinski definition) is 3. The molecule has 0 aromatic heterocycles. The molecule has 0 unspecified atom stereocenters. The molecule has 2 rings (SSSR count). The Kier molecular flexibility index (Phi) is 4.80. The van der Waals surface area contributed by atoms with Gasteiger partial charge in [-0.3, -0.25) is 9.59 Å². The first kappa shape index (κ1) is 14.3. The van der Waals surface area contributed by atoms with Crippen LogP contribution in [0.4, 0.5) is 0 Å². The van der Waals surface area contributed by atoms with Crippen molar-refractivity contribution >= 4 is 11.9 Å². The Hall–Kier alpha value is -1.10. The maximum Gasteiger partial charge on any atom is 0.311 e. The number of carbonyl (C=O) groups is 2. The summed E-state index contributed by atoms with van der Waals surface area (Å²) in [5, 5.41) is 15.4. The predicted octanol–water partition coefficient (Wildman–Crippen LogP) is 1.28. The lowest BCUT2D eigenvalue weighted by atomic mass is 9.80. The van der Waals surface area contributed by atoms with Gasteiger partial charge in [0, 0.05) is 12.6 Å². The zero-order valence-corrected chi connectivity index (χ0v) is 11.4. The van der Waals surface area contributed by atoms with Crippen molar-refractivity contribution in [1.29, 1.82) is 0 Å². The highest BCUT2D eigenvalue weighted by atomic mass is 16.4. The Morgan fingerprint density at radius 1 is 1.11 bits per heavy atom. The Bertz CT molecular complexity index is 332. The molecule has 0 aromatic rings. The van der Waals surface area contributed by atoms with Crippen molar-refractivity contribution in [3.05, 3.63) is 0 Å². The lowest BCUT2D eigenvalue weighted by molar-refractivity contribution is -0.149. The molecule has 0 aliphatic heterocycles. The Balaban J connectivity index is 1.81. The summed E-state index contributed by atoms with van der Waals surface area (Å²) in [6.07, 6.45) is 7.75. The van der Waals surface area contributed by atoms with Crippen molar-refractivity contribution in [3.63, 3.8) is 0 Å². The van der Waals surface area contributed by atoms with Gasteiger partial charge in [-0.15, -0.1) is 0 Å². The molecule has 5 nitrogen and oxygen atoms in total. The predicted molar refractivity (Wildman–Crippen MR) is 71.8 cm³/mol. The maximum absolute atomic E-state index is 11.7. The second kappa shape index (κ2) is 6.37. The fourth-order valence-electron chi connectivity index (χ4n) is 2.73. The standard InChI is InChI=1S/C14H24N2O3/c17-12(9-15-11-5-6-11)16-10-14(13(18)19)7-3-1-2-4-8-14/h11,15H,1-10H2,(H,16,17)(H,18,19). The molecule has 19 heavy (non-hydrogen) atoms. The van der Waals surface area contributed by atoms with Crippen LogP contribution in [0, 0.1) is 5.41 Å². The Morgan fingerprint density at radius 2 is 1.74 bits per heavy atom. The molecule has 0 bridgehead atoms. The number of aliphatic carboxylic acids is 1. The summed E-state index contributed by atoms with van der Waals surface area (Å²) in [4.78, 5) is 23.3. The van der Waals surface area contributed by atoms with Crippen molar-refractivity contribution in [2.45, 2.75) is 57.4 Å². The van der Waals surface area contributed by atoms with Gasteiger partial charge in [0.15, 0.2) is 0 Å². The van der Waals surface area contributed by atoms with Crippen LogP contribution in [0.15, 0.2) is 0 Å². The number of hydrogen-bond donors (Lipinski definition) is 3. The second-order valence-corrected chi connectivity index (χ2v) is 5.93. The molecule has 0 saturated heterocycles. The van der Waals surface area contributed by atoms with Crippen LogP contribution in [0.5, 0.6) is 0 Å². The van der Waals surface area contributed by atoms with Crippen molar-refractivity contribution in [1.82, 2.24) is 10.6 Å². The van der Waals surface area contributed by atoms with Crippen LogP contribution in [0.1, 0.15) is 51.4 Å². The topological polar surface area (TPSA) is 78.4 Å². The van der Waals surface area contributed by atoms with E-state index in [1.54, 1.807) is 0 Å². The molecular formula is C14H24N2O3. The van der Waals surface area contributed by atoms with E-state index in [0.717, 1.165) is 38.5 Å². The van der Waals surface area contributed by atoms with E-state index in [9.17, 15) is 14.7 Å². The van der Waals surface area contributed by atoms with E-state index in [1.165, 1.54) is 0 Å². The van der Waals surface area contributed by atoms with Crippen molar-refractivity contribution < 1.29 is 14.7 Å². The number of rotatable bonds is 6. The molecule has 0 aromatic carbocycles. The van der Waals surface area contributed by atoms with E-state index >= 15 is 0 Å². The van der Waals surface area contributed by atoms with Crippen LogP contribution >= 0.6 is 0 Å². The molecule has 0 heterocycles. The molecule has 2 saturated carbocycles. The smallest absolute Gasteiger partial charge is 0.311 e. The van der Waals surface area contributed by atoms with E-state index in [4.69, 9.17) is 0 Å². The zero-order chi connectivity index (χ0) is 13.7. The van der Waals surface area contributed by atoms with Gasteiger partial charge in [-0.25, -0.2) is 0 Å². The summed E-state index contributed by atoms with van der Waals surface area (Å²) < 4.78 is 0. The highest BCUT2D eigenvalue weighted by molar-refractivity contribution is 5.80. The highest BCUT2D eigenvalue weighted by Crippen LogP contribution is 2.34. The summed E-state index contributed by atoms with van der Waals surface area (Å²) in [5.74, 6) is -0.846. The normalized spacial score (nSPS) is 22.5. The van der Waals surface area contributed by atoms with E-state index < -0.39 is 11.4 Å². The fourth-order valence-corrected chi connectivity index (χ4v) is 2.73. The van der Waals surface area contributed by atoms with Crippen LogP contribution in [0.2, 0.25) is 0 Å².